The van der Waals surface area contributed by atoms with Crippen LogP contribution in [0.15, 0.2) is 12.1 Å². The Kier molecular flexibility index (Phi) is 3.99. The number of ether oxygens (including phenoxy) is 3. The van der Waals surface area contributed by atoms with Gasteiger partial charge in [-0.25, -0.2) is 4.79 Å². The topological polar surface area (TPSA) is 65.0 Å². The molecular weight excluding hydrogens is 212 g/mol. The van der Waals surface area contributed by atoms with Crippen molar-refractivity contribution in [2.24, 2.45) is 0 Å². The van der Waals surface area contributed by atoms with Crippen molar-refractivity contribution in [1.82, 2.24) is 0 Å². The number of hydrogen-bond acceptors (Lipinski definition) is 5. The summed E-state index contributed by atoms with van der Waals surface area (Å²) in [5.41, 5.74) is 0.219. The Morgan fingerprint density at radius 1 is 1.31 bits per heavy atom. The van der Waals surface area contributed by atoms with Crippen molar-refractivity contribution in [3.63, 3.8) is 0 Å². The van der Waals surface area contributed by atoms with Gasteiger partial charge in [-0.2, -0.15) is 0 Å². The molecule has 0 saturated heterocycles. The van der Waals surface area contributed by atoms with E-state index in [1.54, 1.807) is 6.92 Å². The van der Waals surface area contributed by atoms with Crippen LogP contribution in [0.2, 0.25) is 0 Å². The lowest BCUT2D eigenvalue weighted by Gasteiger charge is -2.11. The maximum Gasteiger partial charge on any atom is 0.338 e. The summed E-state index contributed by atoms with van der Waals surface area (Å²) < 4.78 is 14.7. The van der Waals surface area contributed by atoms with Crippen molar-refractivity contribution in [1.29, 1.82) is 0 Å². The van der Waals surface area contributed by atoms with E-state index in [1.165, 1.54) is 26.4 Å². The van der Waals surface area contributed by atoms with Crippen molar-refractivity contribution in [2.45, 2.75) is 6.92 Å². The number of aromatic hydroxyl groups is 1. The Hall–Kier alpha value is -1.91. The Morgan fingerprint density at radius 3 is 2.50 bits per heavy atom. The molecular formula is C11H14O5. The summed E-state index contributed by atoms with van der Waals surface area (Å²) in [6.07, 6.45) is 0. The molecule has 16 heavy (non-hydrogen) atoms. The normalized spacial score (nSPS) is 9.69. The molecule has 5 nitrogen and oxygen atoms in total. The van der Waals surface area contributed by atoms with Gasteiger partial charge in [-0.05, 0) is 19.1 Å². The van der Waals surface area contributed by atoms with Crippen LogP contribution < -0.4 is 9.47 Å². The van der Waals surface area contributed by atoms with Crippen LogP contribution in [0.4, 0.5) is 0 Å². The van der Waals surface area contributed by atoms with Crippen molar-refractivity contribution >= 4 is 5.97 Å². The Morgan fingerprint density at radius 2 is 2.00 bits per heavy atom. The molecule has 0 bridgehead atoms. The lowest BCUT2D eigenvalue weighted by molar-refractivity contribution is 0.0525. The first-order chi connectivity index (χ1) is 7.63. The molecule has 1 aromatic rings. The number of benzene rings is 1. The summed E-state index contributed by atoms with van der Waals surface area (Å²) in [6, 6.07) is 2.73. The van der Waals surface area contributed by atoms with E-state index in [1.807, 2.05) is 0 Å². The zero-order chi connectivity index (χ0) is 12.1. The standard InChI is InChI=1S/C11H14O5/c1-4-16-11(13)7-5-8(12)10(15-3)9(6-7)14-2/h5-6,12H,4H2,1-3H3. The van der Waals surface area contributed by atoms with Crippen LogP contribution in [-0.2, 0) is 4.74 Å². The minimum absolute atomic E-state index is 0.162. The first-order valence-electron chi connectivity index (χ1n) is 4.76. The second-order valence-corrected chi connectivity index (χ2v) is 2.95. The average molecular weight is 226 g/mol. The molecule has 0 aliphatic rings. The smallest absolute Gasteiger partial charge is 0.338 e. The Balaban J connectivity index is 3.15. The maximum absolute atomic E-state index is 11.4. The van der Waals surface area contributed by atoms with Gasteiger partial charge in [0.2, 0.25) is 5.75 Å². The average Bonchev–Trinajstić information content (AvgIpc) is 2.28. The minimum atomic E-state index is -0.515. The maximum atomic E-state index is 11.4. The molecule has 1 aromatic carbocycles. The SMILES string of the molecule is CCOC(=O)c1cc(O)c(OC)c(OC)c1. The van der Waals surface area contributed by atoms with Crippen molar-refractivity contribution in [3.05, 3.63) is 17.7 Å². The van der Waals surface area contributed by atoms with Gasteiger partial charge >= 0.3 is 5.97 Å². The number of hydrogen-bond donors (Lipinski definition) is 1. The first-order valence-corrected chi connectivity index (χ1v) is 4.76. The molecule has 5 heteroatoms. The third-order valence-electron chi connectivity index (χ3n) is 1.97. The molecule has 0 atom stereocenters. The van der Waals surface area contributed by atoms with Crippen LogP contribution in [0.1, 0.15) is 17.3 Å². The fourth-order valence-corrected chi connectivity index (χ4v) is 1.28. The number of carbonyl (C=O) groups excluding carboxylic acids is 1. The van der Waals surface area contributed by atoms with E-state index in [0.29, 0.717) is 0 Å². The second kappa shape index (κ2) is 5.25. The highest BCUT2D eigenvalue weighted by Gasteiger charge is 2.16. The lowest BCUT2D eigenvalue weighted by Crippen LogP contribution is -2.05. The Bertz CT molecular complexity index is 386. The predicted molar refractivity (Wildman–Crippen MR) is 57.2 cm³/mol. The van der Waals surface area contributed by atoms with Crippen molar-refractivity contribution in [2.75, 3.05) is 20.8 Å². The summed E-state index contributed by atoms with van der Waals surface area (Å²) in [5, 5.41) is 9.61. The molecule has 0 spiro atoms. The zero-order valence-corrected chi connectivity index (χ0v) is 9.44. The van der Waals surface area contributed by atoms with E-state index >= 15 is 0 Å². The van der Waals surface area contributed by atoms with Crippen LogP contribution in [-0.4, -0.2) is 31.9 Å². The zero-order valence-electron chi connectivity index (χ0n) is 9.44. The number of phenolic OH excluding ortho intramolecular Hbond substituents is 1. The summed E-state index contributed by atoms with van der Waals surface area (Å²) in [4.78, 5) is 11.4. The fraction of sp³-hybridized carbons (Fsp3) is 0.364. The fourth-order valence-electron chi connectivity index (χ4n) is 1.28. The van der Waals surface area contributed by atoms with Gasteiger partial charge < -0.3 is 19.3 Å². The third-order valence-corrected chi connectivity index (χ3v) is 1.97. The summed E-state index contributed by atoms with van der Waals surface area (Å²) in [7, 11) is 2.83. The van der Waals surface area contributed by atoms with Crippen LogP contribution in [0.25, 0.3) is 0 Å². The van der Waals surface area contributed by atoms with Crippen LogP contribution >= 0.6 is 0 Å². The van der Waals surface area contributed by atoms with Gasteiger partial charge in [0.05, 0.1) is 26.4 Å². The lowest BCUT2D eigenvalue weighted by atomic mass is 10.2. The highest BCUT2D eigenvalue weighted by Crippen LogP contribution is 2.37. The molecule has 1 N–H and O–H groups in total. The Labute approximate surface area is 93.6 Å². The number of phenols is 1. The van der Waals surface area contributed by atoms with Gasteiger partial charge in [0.25, 0.3) is 0 Å². The van der Waals surface area contributed by atoms with Gasteiger partial charge in [0, 0.05) is 0 Å². The monoisotopic (exact) mass is 226 g/mol. The number of methoxy groups -OCH3 is 2. The summed E-state index contributed by atoms with van der Waals surface area (Å²) >= 11 is 0. The van der Waals surface area contributed by atoms with Crippen LogP contribution in [0.5, 0.6) is 17.2 Å². The molecule has 0 amide bonds. The molecule has 0 saturated carbocycles. The predicted octanol–water partition coefficient (Wildman–Crippen LogP) is 1.59. The largest absolute Gasteiger partial charge is 0.504 e. The number of esters is 1. The molecule has 88 valence electrons. The molecule has 0 aliphatic heterocycles. The molecule has 0 heterocycles. The summed E-state index contributed by atoms with van der Waals surface area (Å²) in [5.74, 6) is -0.204. The third kappa shape index (κ3) is 2.36. The molecule has 1 rings (SSSR count). The van der Waals surface area contributed by atoms with E-state index < -0.39 is 5.97 Å². The molecule has 0 fully saturated rings. The first kappa shape index (κ1) is 12.2. The summed E-state index contributed by atoms with van der Waals surface area (Å²) in [6.45, 7) is 1.98. The van der Waals surface area contributed by atoms with Crippen molar-refractivity contribution in [3.8, 4) is 17.2 Å². The molecule has 0 aliphatic carbocycles. The van der Waals surface area contributed by atoms with E-state index in [9.17, 15) is 9.90 Å². The number of carbonyl (C=O) groups is 1. The van der Waals surface area contributed by atoms with Gasteiger partial charge in [0.15, 0.2) is 11.5 Å². The van der Waals surface area contributed by atoms with Gasteiger partial charge in [-0.15, -0.1) is 0 Å². The molecule has 0 aromatic heterocycles. The van der Waals surface area contributed by atoms with Crippen molar-refractivity contribution < 1.29 is 24.1 Å². The van der Waals surface area contributed by atoms with Crippen LogP contribution in [0.3, 0.4) is 0 Å². The number of rotatable bonds is 4. The van der Waals surface area contributed by atoms with E-state index in [0.717, 1.165) is 0 Å². The molecule has 0 radical (unpaired) electrons. The highest BCUT2D eigenvalue weighted by molar-refractivity contribution is 5.91. The van der Waals surface area contributed by atoms with Crippen LogP contribution in [0, 0.1) is 0 Å². The van der Waals surface area contributed by atoms with Gasteiger partial charge in [-0.3, -0.25) is 0 Å². The van der Waals surface area contributed by atoms with E-state index in [2.05, 4.69) is 0 Å². The highest BCUT2D eigenvalue weighted by atomic mass is 16.5. The molecule has 0 unspecified atom stereocenters. The van der Waals surface area contributed by atoms with E-state index in [4.69, 9.17) is 14.2 Å². The van der Waals surface area contributed by atoms with Gasteiger partial charge in [-0.1, -0.05) is 0 Å². The van der Waals surface area contributed by atoms with Gasteiger partial charge in [0.1, 0.15) is 0 Å². The second-order valence-electron chi connectivity index (χ2n) is 2.95. The minimum Gasteiger partial charge on any atom is -0.504 e. The quantitative estimate of drug-likeness (QED) is 0.790. The van der Waals surface area contributed by atoms with E-state index in [-0.39, 0.29) is 29.4 Å².